The lowest BCUT2D eigenvalue weighted by molar-refractivity contribution is -0.137. The molecule has 4 N–H and O–H groups in total. The molecule has 0 aliphatic heterocycles. The second kappa shape index (κ2) is 10.1. The van der Waals surface area contributed by atoms with Crippen molar-refractivity contribution in [1.29, 1.82) is 0 Å². The van der Waals surface area contributed by atoms with E-state index >= 15 is 0 Å². The number of hydrogen-bond acceptors (Lipinski definition) is 4. The second-order valence-corrected chi connectivity index (χ2v) is 5.62. The van der Waals surface area contributed by atoms with Crippen LogP contribution in [0.3, 0.4) is 0 Å². The van der Waals surface area contributed by atoms with Gasteiger partial charge in [-0.3, -0.25) is 4.79 Å². The SMILES string of the molecule is Cl.NC(C(=O)NCC(O)COc1cccc(C(F)(F)F)c1)c1ccccc1. The van der Waals surface area contributed by atoms with Gasteiger partial charge in [-0.2, -0.15) is 13.2 Å². The Balaban J connectivity index is 0.00000364. The van der Waals surface area contributed by atoms with E-state index in [9.17, 15) is 23.1 Å². The number of carbonyl (C=O) groups excluding carboxylic acids is 1. The number of hydrogen-bond donors (Lipinski definition) is 3. The van der Waals surface area contributed by atoms with Gasteiger partial charge < -0.3 is 20.9 Å². The summed E-state index contributed by atoms with van der Waals surface area (Å²) in [5.74, 6) is -0.500. The van der Waals surface area contributed by atoms with Gasteiger partial charge in [0.25, 0.3) is 0 Å². The highest BCUT2D eigenvalue weighted by molar-refractivity contribution is 5.85. The van der Waals surface area contributed by atoms with Gasteiger partial charge in [-0.1, -0.05) is 36.4 Å². The predicted octanol–water partition coefficient (Wildman–Crippen LogP) is 2.68. The van der Waals surface area contributed by atoms with Gasteiger partial charge in [-0.25, -0.2) is 0 Å². The van der Waals surface area contributed by atoms with Gasteiger partial charge in [0.2, 0.25) is 5.91 Å². The van der Waals surface area contributed by atoms with E-state index in [1.807, 2.05) is 0 Å². The number of amides is 1. The number of halogens is 4. The fourth-order valence-electron chi connectivity index (χ4n) is 2.15. The average Bonchev–Trinajstić information content (AvgIpc) is 2.64. The second-order valence-electron chi connectivity index (χ2n) is 5.62. The van der Waals surface area contributed by atoms with Crippen molar-refractivity contribution < 1.29 is 27.8 Å². The number of aliphatic hydroxyl groups excluding tert-OH is 1. The van der Waals surface area contributed by atoms with Crippen molar-refractivity contribution in [3.05, 3.63) is 65.7 Å². The summed E-state index contributed by atoms with van der Waals surface area (Å²) >= 11 is 0. The highest BCUT2D eigenvalue weighted by Gasteiger charge is 2.30. The molecule has 9 heteroatoms. The van der Waals surface area contributed by atoms with Crippen molar-refractivity contribution in [3.63, 3.8) is 0 Å². The van der Waals surface area contributed by atoms with Crippen molar-refractivity contribution in [2.24, 2.45) is 5.73 Å². The van der Waals surface area contributed by atoms with Crippen molar-refractivity contribution >= 4 is 18.3 Å². The largest absolute Gasteiger partial charge is 0.491 e. The van der Waals surface area contributed by atoms with E-state index in [2.05, 4.69) is 5.32 Å². The minimum atomic E-state index is -4.47. The number of aliphatic hydroxyl groups is 1. The molecule has 2 aromatic carbocycles. The Hall–Kier alpha value is -2.29. The molecule has 1 amide bonds. The van der Waals surface area contributed by atoms with Gasteiger partial charge >= 0.3 is 6.18 Å². The third-order valence-electron chi connectivity index (χ3n) is 3.56. The standard InChI is InChI=1S/C18H19F3N2O3.ClH/c19-18(20,21)13-7-4-8-15(9-13)26-11-14(24)10-23-17(25)16(22)12-5-2-1-3-6-12;/h1-9,14,16,24H,10-11,22H2,(H,23,25);1H. The quantitative estimate of drug-likeness (QED) is 0.662. The number of nitrogens with two attached hydrogens (primary N) is 1. The van der Waals surface area contributed by atoms with Gasteiger partial charge in [0.15, 0.2) is 0 Å². The first-order valence-corrected chi connectivity index (χ1v) is 7.83. The van der Waals surface area contributed by atoms with Crippen LogP contribution in [0.1, 0.15) is 17.2 Å². The fourth-order valence-corrected chi connectivity index (χ4v) is 2.15. The normalized spacial score (nSPS) is 13.2. The molecule has 0 aliphatic rings. The molecule has 0 heterocycles. The Morgan fingerprint density at radius 2 is 1.81 bits per heavy atom. The van der Waals surface area contributed by atoms with E-state index in [4.69, 9.17) is 10.5 Å². The summed E-state index contributed by atoms with van der Waals surface area (Å²) in [5.41, 5.74) is 5.60. The summed E-state index contributed by atoms with van der Waals surface area (Å²) < 4.78 is 43.0. The number of rotatable bonds is 7. The minimum absolute atomic E-state index is 0. The summed E-state index contributed by atoms with van der Waals surface area (Å²) in [5, 5.41) is 12.3. The van der Waals surface area contributed by atoms with Crippen LogP contribution in [0.2, 0.25) is 0 Å². The Morgan fingerprint density at radius 1 is 1.15 bits per heavy atom. The number of benzene rings is 2. The van der Waals surface area contributed by atoms with Gasteiger partial charge in [-0.05, 0) is 23.8 Å². The van der Waals surface area contributed by atoms with E-state index in [1.165, 1.54) is 12.1 Å². The summed E-state index contributed by atoms with van der Waals surface area (Å²) in [6, 6.07) is 12.2. The van der Waals surface area contributed by atoms with Gasteiger partial charge in [0.1, 0.15) is 24.5 Å². The first-order chi connectivity index (χ1) is 12.3. The van der Waals surface area contributed by atoms with E-state index in [0.29, 0.717) is 5.56 Å². The minimum Gasteiger partial charge on any atom is -0.491 e. The van der Waals surface area contributed by atoms with Crippen molar-refractivity contribution in [3.8, 4) is 5.75 Å². The Bertz CT molecular complexity index is 729. The first-order valence-electron chi connectivity index (χ1n) is 7.83. The highest BCUT2D eigenvalue weighted by Crippen LogP contribution is 2.31. The highest BCUT2D eigenvalue weighted by atomic mass is 35.5. The zero-order chi connectivity index (χ0) is 19.2. The monoisotopic (exact) mass is 404 g/mol. The Kier molecular flexibility index (Phi) is 8.55. The maximum Gasteiger partial charge on any atom is 0.416 e. The molecule has 0 aliphatic carbocycles. The van der Waals surface area contributed by atoms with Gasteiger partial charge in [0.05, 0.1) is 5.56 Å². The van der Waals surface area contributed by atoms with Crippen LogP contribution >= 0.6 is 12.4 Å². The van der Waals surface area contributed by atoms with E-state index < -0.39 is 29.8 Å². The van der Waals surface area contributed by atoms with Crippen LogP contribution in [0.25, 0.3) is 0 Å². The molecular weight excluding hydrogens is 385 g/mol. The van der Waals surface area contributed by atoms with Crippen LogP contribution in [0.5, 0.6) is 5.75 Å². The molecular formula is C18H20ClF3N2O3. The lowest BCUT2D eigenvalue weighted by Gasteiger charge is -2.16. The topological polar surface area (TPSA) is 84.6 Å². The molecule has 0 saturated heterocycles. The molecule has 2 rings (SSSR count). The molecule has 0 spiro atoms. The number of nitrogens with one attached hydrogen (secondary N) is 1. The van der Waals surface area contributed by atoms with Crippen LogP contribution in [-0.4, -0.2) is 30.3 Å². The molecule has 5 nitrogen and oxygen atoms in total. The summed E-state index contributed by atoms with van der Waals surface area (Å²) in [4.78, 5) is 12.0. The van der Waals surface area contributed by atoms with Crippen molar-refractivity contribution in [1.82, 2.24) is 5.32 Å². The molecule has 2 atom stereocenters. The molecule has 2 aromatic rings. The zero-order valence-electron chi connectivity index (χ0n) is 14.1. The van der Waals surface area contributed by atoms with Crippen LogP contribution in [0, 0.1) is 0 Å². The Morgan fingerprint density at radius 3 is 2.44 bits per heavy atom. The van der Waals surface area contributed by atoms with E-state index in [-0.39, 0.29) is 31.3 Å². The molecule has 27 heavy (non-hydrogen) atoms. The molecule has 0 bridgehead atoms. The fraction of sp³-hybridized carbons (Fsp3) is 0.278. The summed E-state index contributed by atoms with van der Waals surface area (Å²) in [6.07, 6.45) is -5.57. The molecule has 148 valence electrons. The van der Waals surface area contributed by atoms with Gasteiger partial charge in [-0.15, -0.1) is 12.4 Å². The maximum atomic E-state index is 12.6. The first kappa shape index (κ1) is 22.8. The average molecular weight is 405 g/mol. The van der Waals surface area contributed by atoms with Crippen molar-refractivity contribution in [2.75, 3.05) is 13.2 Å². The van der Waals surface area contributed by atoms with Gasteiger partial charge in [0, 0.05) is 6.54 Å². The number of ether oxygens (including phenoxy) is 1. The Labute approximate surface area is 160 Å². The van der Waals surface area contributed by atoms with E-state index in [0.717, 1.165) is 12.1 Å². The predicted molar refractivity (Wildman–Crippen MR) is 96.6 cm³/mol. The van der Waals surface area contributed by atoms with Crippen LogP contribution in [0.15, 0.2) is 54.6 Å². The molecule has 0 aromatic heterocycles. The third-order valence-corrected chi connectivity index (χ3v) is 3.56. The van der Waals surface area contributed by atoms with Crippen molar-refractivity contribution in [2.45, 2.75) is 18.3 Å². The lowest BCUT2D eigenvalue weighted by Crippen LogP contribution is -2.40. The number of carbonyl (C=O) groups is 1. The van der Waals surface area contributed by atoms with E-state index in [1.54, 1.807) is 30.3 Å². The lowest BCUT2D eigenvalue weighted by atomic mass is 10.1. The maximum absolute atomic E-state index is 12.6. The molecule has 0 fully saturated rings. The summed E-state index contributed by atoms with van der Waals surface area (Å²) in [7, 11) is 0. The molecule has 0 saturated carbocycles. The summed E-state index contributed by atoms with van der Waals surface area (Å²) in [6.45, 7) is -0.416. The third kappa shape index (κ3) is 7.09. The smallest absolute Gasteiger partial charge is 0.416 e. The number of alkyl halides is 3. The van der Waals surface area contributed by atoms with Crippen LogP contribution < -0.4 is 15.8 Å². The zero-order valence-corrected chi connectivity index (χ0v) is 15.0. The molecule has 0 radical (unpaired) electrons. The van der Waals surface area contributed by atoms with Crippen LogP contribution in [-0.2, 0) is 11.0 Å². The molecule has 2 unspecified atom stereocenters. The van der Waals surface area contributed by atoms with Crippen LogP contribution in [0.4, 0.5) is 13.2 Å².